The zero-order valence-corrected chi connectivity index (χ0v) is 10.9. The van der Waals surface area contributed by atoms with E-state index >= 15 is 0 Å². The highest BCUT2D eigenvalue weighted by Crippen LogP contribution is 2.36. The Hall–Kier alpha value is -0.820. The molecule has 1 aromatic rings. The Bertz CT molecular complexity index is 433. The van der Waals surface area contributed by atoms with E-state index < -0.39 is 11.7 Å². The van der Waals surface area contributed by atoms with Crippen LogP contribution in [0, 0.1) is 5.92 Å². The second-order valence-corrected chi connectivity index (χ2v) is 5.34. The van der Waals surface area contributed by atoms with Crippen molar-refractivity contribution in [3.05, 3.63) is 22.3 Å². The van der Waals surface area contributed by atoms with E-state index in [0.29, 0.717) is 23.9 Å². The third-order valence-electron chi connectivity index (χ3n) is 2.93. The first-order chi connectivity index (χ1) is 8.36. The lowest BCUT2D eigenvalue weighted by Gasteiger charge is -2.31. The summed E-state index contributed by atoms with van der Waals surface area (Å²) in [5.74, 6) is 0.0543. The number of hydrogen-bond acceptors (Lipinski definition) is 3. The fourth-order valence-electron chi connectivity index (χ4n) is 1.90. The van der Waals surface area contributed by atoms with Crippen LogP contribution in [-0.2, 0) is 6.18 Å². The van der Waals surface area contributed by atoms with Crippen LogP contribution in [0.5, 0.6) is 0 Å². The van der Waals surface area contributed by atoms with Gasteiger partial charge >= 0.3 is 6.18 Å². The molecule has 1 saturated carbocycles. The molecule has 0 radical (unpaired) electrons. The van der Waals surface area contributed by atoms with Crippen LogP contribution in [0.25, 0.3) is 0 Å². The summed E-state index contributed by atoms with van der Waals surface area (Å²) in [5.41, 5.74) is -0.781. The number of aliphatic hydroxyl groups excluding tert-OH is 1. The number of halogens is 4. The molecule has 0 spiro atoms. The standard InChI is InChI=1S/C11H12BrF3N2O/c12-7-3-9(11(13,14)15)10(17-5-7)16-4-6-1-8(18)2-6/h3,5-6,8,18H,1-2,4H2,(H,16,17). The smallest absolute Gasteiger partial charge is 0.393 e. The molecule has 1 aliphatic rings. The van der Waals surface area contributed by atoms with Crippen molar-refractivity contribution >= 4 is 21.7 Å². The molecule has 100 valence electrons. The fraction of sp³-hybridized carbons (Fsp3) is 0.545. The van der Waals surface area contributed by atoms with Gasteiger partial charge in [-0.1, -0.05) is 0 Å². The van der Waals surface area contributed by atoms with Crippen molar-refractivity contribution in [2.75, 3.05) is 11.9 Å². The van der Waals surface area contributed by atoms with Crippen LogP contribution in [0.4, 0.5) is 19.0 Å². The maximum Gasteiger partial charge on any atom is 0.419 e. The Kier molecular flexibility index (Phi) is 3.82. The predicted octanol–water partition coefficient (Wildman–Crippen LogP) is 3.05. The molecule has 0 atom stereocenters. The minimum Gasteiger partial charge on any atom is -0.393 e. The number of alkyl halides is 3. The van der Waals surface area contributed by atoms with E-state index in [1.54, 1.807) is 0 Å². The van der Waals surface area contributed by atoms with E-state index in [0.717, 1.165) is 6.07 Å². The summed E-state index contributed by atoms with van der Waals surface area (Å²) in [5, 5.41) is 11.8. The Balaban J connectivity index is 2.07. The first-order valence-electron chi connectivity index (χ1n) is 5.51. The molecule has 1 fully saturated rings. The molecule has 0 aromatic carbocycles. The van der Waals surface area contributed by atoms with Crippen LogP contribution in [0.2, 0.25) is 0 Å². The van der Waals surface area contributed by atoms with Crippen molar-refractivity contribution in [2.45, 2.75) is 25.1 Å². The van der Waals surface area contributed by atoms with Gasteiger partial charge in [0, 0.05) is 17.2 Å². The predicted molar refractivity (Wildman–Crippen MR) is 64.2 cm³/mol. The monoisotopic (exact) mass is 324 g/mol. The van der Waals surface area contributed by atoms with Gasteiger partial charge in [-0.3, -0.25) is 0 Å². The van der Waals surface area contributed by atoms with Gasteiger partial charge < -0.3 is 10.4 Å². The summed E-state index contributed by atoms with van der Waals surface area (Å²) in [6, 6.07) is 1.00. The summed E-state index contributed by atoms with van der Waals surface area (Å²) in [6.45, 7) is 0.398. The van der Waals surface area contributed by atoms with Crippen LogP contribution in [-0.4, -0.2) is 22.7 Å². The summed E-state index contributed by atoms with van der Waals surface area (Å²) in [7, 11) is 0. The highest BCUT2D eigenvalue weighted by molar-refractivity contribution is 9.10. The normalized spacial score (nSPS) is 23.6. The number of anilines is 1. The van der Waals surface area contributed by atoms with Gasteiger partial charge in [-0.05, 0) is 40.8 Å². The van der Waals surface area contributed by atoms with Gasteiger partial charge in [-0.2, -0.15) is 13.2 Å². The summed E-state index contributed by atoms with van der Waals surface area (Å²) in [4.78, 5) is 3.75. The van der Waals surface area contributed by atoms with E-state index in [2.05, 4.69) is 26.2 Å². The molecule has 0 saturated heterocycles. The lowest BCUT2D eigenvalue weighted by Crippen LogP contribution is -2.33. The number of aliphatic hydroxyl groups is 1. The zero-order chi connectivity index (χ0) is 13.3. The Morgan fingerprint density at radius 3 is 2.67 bits per heavy atom. The van der Waals surface area contributed by atoms with Crippen molar-refractivity contribution in [1.29, 1.82) is 0 Å². The molecule has 7 heteroatoms. The van der Waals surface area contributed by atoms with E-state index in [9.17, 15) is 13.2 Å². The van der Waals surface area contributed by atoms with Crippen LogP contribution in [0.1, 0.15) is 18.4 Å². The zero-order valence-electron chi connectivity index (χ0n) is 9.34. The molecule has 0 bridgehead atoms. The molecule has 0 unspecified atom stereocenters. The molecular formula is C11H12BrF3N2O. The molecule has 0 amide bonds. The lowest BCUT2D eigenvalue weighted by atomic mass is 9.82. The summed E-state index contributed by atoms with van der Waals surface area (Å²) >= 11 is 2.98. The number of hydrogen-bond donors (Lipinski definition) is 2. The first kappa shape index (κ1) is 13.6. The SMILES string of the molecule is OC1CC(CNc2ncc(Br)cc2C(F)(F)F)C1. The van der Waals surface area contributed by atoms with Crippen LogP contribution in [0.3, 0.4) is 0 Å². The Morgan fingerprint density at radius 2 is 2.11 bits per heavy atom. The van der Waals surface area contributed by atoms with Gasteiger partial charge in [-0.15, -0.1) is 0 Å². The van der Waals surface area contributed by atoms with Gasteiger partial charge in [-0.25, -0.2) is 4.98 Å². The van der Waals surface area contributed by atoms with E-state index in [4.69, 9.17) is 5.11 Å². The van der Waals surface area contributed by atoms with Gasteiger partial charge in [0.1, 0.15) is 5.82 Å². The maximum atomic E-state index is 12.8. The lowest BCUT2D eigenvalue weighted by molar-refractivity contribution is -0.137. The van der Waals surface area contributed by atoms with Gasteiger partial charge in [0.15, 0.2) is 0 Å². The van der Waals surface area contributed by atoms with Crippen molar-refractivity contribution in [2.24, 2.45) is 5.92 Å². The molecular weight excluding hydrogens is 313 g/mol. The van der Waals surface area contributed by atoms with E-state index in [-0.39, 0.29) is 17.8 Å². The first-order valence-corrected chi connectivity index (χ1v) is 6.30. The van der Waals surface area contributed by atoms with E-state index in [1.165, 1.54) is 6.20 Å². The number of nitrogens with one attached hydrogen (secondary N) is 1. The van der Waals surface area contributed by atoms with Crippen molar-refractivity contribution in [3.8, 4) is 0 Å². The third-order valence-corrected chi connectivity index (χ3v) is 3.36. The Morgan fingerprint density at radius 1 is 1.44 bits per heavy atom. The quantitative estimate of drug-likeness (QED) is 0.898. The molecule has 1 aliphatic carbocycles. The molecule has 3 nitrogen and oxygen atoms in total. The minimum atomic E-state index is -4.43. The van der Waals surface area contributed by atoms with E-state index in [1.807, 2.05) is 0 Å². The van der Waals surface area contributed by atoms with Gasteiger partial charge in [0.25, 0.3) is 0 Å². The Labute approximate surface area is 111 Å². The highest BCUT2D eigenvalue weighted by atomic mass is 79.9. The molecule has 1 aromatic heterocycles. The van der Waals surface area contributed by atoms with Crippen LogP contribution >= 0.6 is 15.9 Å². The molecule has 18 heavy (non-hydrogen) atoms. The van der Waals surface area contributed by atoms with Crippen LogP contribution < -0.4 is 5.32 Å². The number of rotatable bonds is 3. The highest BCUT2D eigenvalue weighted by Gasteiger charge is 2.35. The number of nitrogens with zero attached hydrogens (tertiary/aromatic N) is 1. The molecule has 1 heterocycles. The topological polar surface area (TPSA) is 45.1 Å². The van der Waals surface area contributed by atoms with Crippen molar-refractivity contribution < 1.29 is 18.3 Å². The minimum absolute atomic E-state index is 0.160. The second kappa shape index (κ2) is 5.05. The average molecular weight is 325 g/mol. The summed E-state index contributed by atoms with van der Waals surface area (Å²) < 4.78 is 38.6. The van der Waals surface area contributed by atoms with Crippen molar-refractivity contribution in [3.63, 3.8) is 0 Å². The van der Waals surface area contributed by atoms with Crippen LogP contribution in [0.15, 0.2) is 16.7 Å². The summed E-state index contributed by atoms with van der Waals surface area (Å²) in [6.07, 6.45) is -2.15. The maximum absolute atomic E-state index is 12.8. The largest absolute Gasteiger partial charge is 0.419 e. The van der Waals surface area contributed by atoms with Gasteiger partial charge in [0.05, 0.1) is 11.7 Å². The number of pyridine rings is 1. The molecule has 0 aliphatic heterocycles. The average Bonchev–Trinajstić information content (AvgIpc) is 2.23. The molecule has 2 N–H and O–H groups in total. The van der Waals surface area contributed by atoms with Gasteiger partial charge in [0.2, 0.25) is 0 Å². The molecule has 2 rings (SSSR count). The fourth-order valence-corrected chi connectivity index (χ4v) is 2.24. The third kappa shape index (κ3) is 3.14. The number of aromatic nitrogens is 1. The second-order valence-electron chi connectivity index (χ2n) is 4.42. The van der Waals surface area contributed by atoms with Crippen molar-refractivity contribution in [1.82, 2.24) is 4.98 Å².